The number of hydrogen-bond acceptors (Lipinski definition) is 1. The van der Waals surface area contributed by atoms with Crippen molar-refractivity contribution in [1.29, 1.82) is 0 Å². The molecule has 1 aliphatic heterocycles. The van der Waals surface area contributed by atoms with E-state index < -0.39 is 12.8 Å². The van der Waals surface area contributed by atoms with Crippen LogP contribution in [-0.4, -0.2) is 20.1 Å². The molecule has 1 heterocycles. The third-order valence-electron chi connectivity index (χ3n) is 2.57. The van der Waals surface area contributed by atoms with Crippen molar-refractivity contribution in [3.8, 4) is 0 Å². The number of rotatable bonds is 2. The molecule has 0 spiro atoms. The van der Waals surface area contributed by atoms with Crippen molar-refractivity contribution in [2.75, 3.05) is 18.0 Å². The summed E-state index contributed by atoms with van der Waals surface area (Å²) < 4.78 is 36.7. The Morgan fingerprint density at radius 1 is 1.07 bits per heavy atom. The molecule has 0 N–H and O–H groups in total. The molecule has 0 unspecified atom stereocenters. The van der Waals surface area contributed by atoms with Gasteiger partial charge in [0.1, 0.15) is 0 Å². The van der Waals surface area contributed by atoms with E-state index in [2.05, 4.69) is 0 Å². The molecule has 0 saturated carbocycles. The van der Waals surface area contributed by atoms with Gasteiger partial charge in [-0.15, -0.1) is 0 Å². The first-order valence-electron chi connectivity index (χ1n) is 4.57. The molecular formula is C9H10BF3KN. The summed E-state index contributed by atoms with van der Waals surface area (Å²) >= 11 is 0. The van der Waals surface area contributed by atoms with E-state index in [1.165, 1.54) is 0 Å². The van der Waals surface area contributed by atoms with Crippen molar-refractivity contribution in [3.63, 3.8) is 0 Å². The fourth-order valence-corrected chi connectivity index (χ4v) is 1.60. The van der Waals surface area contributed by atoms with Crippen molar-refractivity contribution in [1.82, 2.24) is 0 Å². The summed E-state index contributed by atoms with van der Waals surface area (Å²) in [6.07, 6.45) is 0. The standard InChI is InChI=1S/C9H10BF3N.K/c11-10(12,13)8-6-14(7-8)9-4-2-1-3-5-9;/h1-5,8H,6-7H2;/q-1;+1. The summed E-state index contributed by atoms with van der Waals surface area (Å²) in [7, 11) is 0. The van der Waals surface area contributed by atoms with Crippen LogP contribution in [-0.2, 0) is 0 Å². The topological polar surface area (TPSA) is 3.24 Å². The Bertz CT molecular complexity index is 311. The van der Waals surface area contributed by atoms with E-state index >= 15 is 0 Å². The van der Waals surface area contributed by atoms with Gasteiger partial charge in [-0.1, -0.05) is 18.2 Å². The maximum absolute atomic E-state index is 12.2. The predicted octanol–water partition coefficient (Wildman–Crippen LogP) is -0.272. The summed E-state index contributed by atoms with van der Waals surface area (Å²) in [4.78, 5) is 1.75. The van der Waals surface area contributed by atoms with Crippen molar-refractivity contribution in [2.45, 2.75) is 5.82 Å². The van der Waals surface area contributed by atoms with Gasteiger partial charge in [-0.05, 0) is 31.0 Å². The van der Waals surface area contributed by atoms with Gasteiger partial charge in [0.05, 0.1) is 0 Å². The third kappa shape index (κ3) is 3.23. The number of para-hydroxylation sites is 1. The molecule has 2 rings (SSSR count). The van der Waals surface area contributed by atoms with Crippen LogP contribution in [0.4, 0.5) is 18.6 Å². The number of anilines is 1. The number of benzene rings is 1. The van der Waals surface area contributed by atoms with Gasteiger partial charge in [0, 0.05) is 5.69 Å². The van der Waals surface area contributed by atoms with Crippen LogP contribution in [0.25, 0.3) is 0 Å². The van der Waals surface area contributed by atoms with Crippen LogP contribution >= 0.6 is 0 Å². The summed E-state index contributed by atoms with van der Waals surface area (Å²) in [6.45, 7) is -4.41. The van der Waals surface area contributed by atoms with Gasteiger partial charge < -0.3 is 17.8 Å². The Kier molecular flexibility index (Phi) is 4.73. The van der Waals surface area contributed by atoms with E-state index in [0.717, 1.165) is 5.69 Å². The molecule has 1 saturated heterocycles. The Morgan fingerprint density at radius 2 is 1.60 bits per heavy atom. The van der Waals surface area contributed by atoms with Crippen LogP contribution in [0.1, 0.15) is 0 Å². The summed E-state index contributed by atoms with van der Waals surface area (Å²) in [5.74, 6) is -1.09. The van der Waals surface area contributed by atoms with E-state index in [9.17, 15) is 12.9 Å². The van der Waals surface area contributed by atoms with Gasteiger partial charge in [-0.2, -0.15) is 0 Å². The summed E-state index contributed by atoms with van der Waals surface area (Å²) in [6, 6.07) is 9.19. The number of hydrogen-bond donors (Lipinski definition) is 0. The molecule has 1 aromatic rings. The van der Waals surface area contributed by atoms with Gasteiger partial charge in [0.25, 0.3) is 0 Å². The maximum Gasteiger partial charge on any atom is 1.00 e. The van der Waals surface area contributed by atoms with Gasteiger partial charge in [0.2, 0.25) is 0 Å². The van der Waals surface area contributed by atoms with Crippen molar-refractivity contribution in [3.05, 3.63) is 30.3 Å². The fourth-order valence-electron chi connectivity index (χ4n) is 1.60. The van der Waals surface area contributed by atoms with Crippen molar-refractivity contribution < 1.29 is 64.3 Å². The minimum Gasteiger partial charge on any atom is -0.449 e. The molecule has 0 radical (unpaired) electrons. The molecule has 1 aromatic carbocycles. The molecule has 0 aromatic heterocycles. The number of nitrogens with zero attached hydrogens (tertiary/aromatic N) is 1. The quantitative estimate of drug-likeness (QED) is 0.642. The minimum atomic E-state index is -4.65. The van der Waals surface area contributed by atoms with Crippen LogP contribution < -0.4 is 56.3 Å². The smallest absolute Gasteiger partial charge is 0.449 e. The average Bonchev–Trinajstić information content (AvgIpc) is 2.00. The second-order valence-electron chi connectivity index (χ2n) is 3.63. The largest absolute Gasteiger partial charge is 1.00 e. The zero-order valence-electron chi connectivity index (χ0n) is 8.54. The first-order valence-corrected chi connectivity index (χ1v) is 4.57. The monoisotopic (exact) mass is 239 g/mol. The zero-order chi connectivity index (χ0) is 10.2. The zero-order valence-corrected chi connectivity index (χ0v) is 11.7. The normalized spacial score (nSPS) is 16.9. The van der Waals surface area contributed by atoms with E-state index in [-0.39, 0.29) is 64.5 Å². The predicted molar refractivity (Wildman–Crippen MR) is 51.5 cm³/mol. The second-order valence-corrected chi connectivity index (χ2v) is 3.63. The fraction of sp³-hybridized carbons (Fsp3) is 0.333. The molecule has 6 heteroatoms. The molecule has 0 atom stereocenters. The third-order valence-corrected chi connectivity index (χ3v) is 2.57. The molecule has 0 amide bonds. The van der Waals surface area contributed by atoms with Crippen LogP contribution in [0.2, 0.25) is 5.82 Å². The van der Waals surface area contributed by atoms with Crippen LogP contribution in [0.5, 0.6) is 0 Å². The SMILES string of the molecule is F[B-](F)(F)C1CN(c2ccccc2)C1.[K+]. The van der Waals surface area contributed by atoms with Gasteiger partial charge >= 0.3 is 58.4 Å². The van der Waals surface area contributed by atoms with Gasteiger partial charge in [0.15, 0.2) is 0 Å². The first kappa shape index (κ1) is 13.6. The van der Waals surface area contributed by atoms with E-state index in [0.29, 0.717) is 0 Å². The van der Waals surface area contributed by atoms with E-state index in [1.54, 1.807) is 4.90 Å². The molecule has 0 aliphatic carbocycles. The van der Waals surface area contributed by atoms with E-state index in [1.807, 2.05) is 30.3 Å². The molecule has 15 heavy (non-hydrogen) atoms. The van der Waals surface area contributed by atoms with Gasteiger partial charge in [-0.3, -0.25) is 0 Å². The number of halogens is 3. The Labute approximate surface area is 130 Å². The Hall–Kier alpha value is 0.511. The van der Waals surface area contributed by atoms with E-state index in [4.69, 9.17) is 0 Å². The maximum atomic E-state index is 12.2. The summed E-state index contributed by atoms with van der Waals surface area (Å²) in [5.41, 5.74) is 0.879. The Morgan fingerprint density at radius 3 is 2.07 bits per heavy atom. The molecule has 0 bridgehead atoms. The average molecular weight is 239 g/mol. The van der Waals surface area contributed by atoms with Crippen LogP contribution in [0, 0.1) is 0 Å². The summed E-state index contributed by atoms with van der Waals surface area (Å²) in [5, 5.41) is 0. The van der Waals surface area contributed by atoms with Crippen LogP contribution in [0.3, 0.4) is 0 Å². The molecule has 1 nitrogen and oxygen atoms in total. The Balaban J connectivity index is 0.00000112. The van der Waals surface area contributed by atoms with Gasteiger partial charge in [-0.25, -0.2) is 0 Å². The second kappa shape index (κ2) is 5.23. The van der Waals surface area contributed by atoms with Crippen molar-refractivity contribution >= 4 is 12.7 Å². The van der Waals surface area contributed by atoms with Crippen LogP contribution in [0.15, 0.2) is 30.3 Å². The van der Waals surface area contributed by atoms with Crippen molar-refractivity contribution in [2.24, 2.45) is 0 Å². The molecule has 1 aliphatic rings. The molecule has 1 fully saturated rings. The molecular weight excluding hydrogens is 229 g/mol. The first-order chi connectivity index (χ1) is 6.57. The molecule has 76 valence electrons. The minimum absolute atomic E-state index is 0.